The number of hydrogen-bond donors (Lipinski definition) is 2. The highest BCUT2D eigenvalue weighted by molar-refractivity contribution is 5.80. The summed E-state index contributed by atoms with van der Waals surface area (Å²) in [5, 5.41) is 12.6. The molecule has 1 saturated heterocycles. The molecule has 1 atom stereocenters. The quantitative estimate of drug-likeness (QED) is 0.679. The van der Waals surface area contributed by atoms with Crippen LogP contribution in [0.25, 0.3) is 0 Å². The van der Waals surface area contributed by atoms with Crippen LogP contribution in [-0.4, -0.2) is 29.5 Å². The van der Waals surface area contributed by atoms with Crippen LogP contribution in [-0.2, 0) is 4.79 Å². The molecule has 74 valence electrons. The number of amides is 1. The summed E-state index contributed by atoms with van der Waals surface area (Å²) in [6.07, 6.45) is -0.205. The molecule has 0 aliphatic carbocycles. The monoisotopic (exact) mass is 192 g/mol. The zero-order valence-electron chi connectivity index (χ0n) is 7.90. The van der Waals surface area contributed by atoms with Crippen molar-refractivity contribution < 1.29 is 9.90 Å². The topological polar surface area (TPSA) is 52.6 Å². The molecule has 1 unspecified atom stereocenters. The maximum absolute atomic E-state index is 11.3. The van der Waals surface area contributed by atoms with Crippen LogP contribution in [0.4, 0.5) is 0 Å². The molecule has 1 aromatic carbocycles. The third kappa shape index (κ3) is 1.33. The van der Waals surface area contributed by atoms with Crippen molar-refractivity contribution in [3.05, 3.63) is 29.8 Å². The summed E-state index contributed by atoms with van der Waals surface area (Å²) in [6.45, 7) is 0.329. The SMILES string of the molecule is CN1C(=O)CNC1c1ccccc1O. The Balaban J connectivity index is 2.32. The van der Waals surface area contributed by atoms with E-state index in [2.05, 4.69) is 5.32 Å². The van der Waals surface area contributed by atoms with Crippen molar-refractivity contribution in [2.45, 2.75) is 6.17 Å². The normalized spacial score (nSPS) is 21.6. The smallest absolute Gasteiger partial charge is 0.237 e. The van der Waals surface area contributed by atoms with Crippen molar-refractivity contribution in [1.29, 1.82) is 0 Å². The Labute approximate surface area is 82.2 Å². The number of likely N-dealkylation sites (N-methyl/N-ethyl adjacent to an activating group) is 1. The molecule has 0 aromatic heterocycles. The summed E-state index contributed by atoms with van der Waals surface area (Å²) in [4.78, 5) is 12.8. The predicted molar refractivity (Wildman–Crippen MR) is 51.6 cm³/mol. The molecule has 4 heteroatoms. The number of nitrogens with one attached hydrogen (secondary N) is 1. The molecular weight excluding hydrogens is 180 g/mol. The molecule has 0 spiro atoms. The zero-order valence-corrected chi connectivity index (χ0v) is 7.90. The van der Waals surface area contributed by atoms with Gasteiger partial charge in [0.15, 0.2) is 0 Å². The number of nitrogens with zero attached hydrogens (tertiary/aromatic N) is 1. The van der Waals surface area contributed by atoms with Crippen molar-refractivity contribution >= 4 is 5.91 Å². The fraction of sp³-hybridized carbons (Fsp3) is 0.300. The van der Waals surface area contributed by atoms with Gasteiger partial charge in [-0.25, -0.2) is 0 Å². The van der Waals surface area contributed by atoms with Gasteiger partial charge >= 0.3 is 0 Å². The largest absolute Gasteiger partial charge is 0.508 e. The Kier molecular flexibility index (Phi) is 2.13. The molecule has 1 fully saturated rings. The van der Waals surface area contributed by atoms with Crippen LogP contribution in [0, 0.1) is 0 Å². The second-order valence-corrected chi connectivity index (χ2v) is 3.35. The fourth-order valence-electron chi connectivity index (χ4n) is 1.63. The lowest BCUT2D eigenvalue weighted by atomic mass is 10.1. The summed E-state index contributed by atoms with van der Waals surface area (Å²) in [7, 11) is 1.72. The second-order valence-electron chi connectivity index (χ2n) is 3.35. The first-order chi connectivity index (χ1) is 6.70. The van der Waals surface area contributed by atoms with Crippen LogP contribution in [0.3, 0.4) is 0 Å². The van der Waals surface area contributed by atoms with E-state index in [0.29, 0.717) is 6.54 Å². The second kappa shape index (κ2) is 3.31. The van der Waals surface area contributed by atoms with E-state index in [0.717, 1.165) is 5.56 Å². The highest BCUT2D eigenvalue weighted by atomic mass is 16.3. The van der Waals surface area contributed by atoms with Crippen molar-refractivity contribution in [2.75, 3.05) is 13.6 Å². The lowest BCUT2D eigenvalue weighted by molar-refractivity contribution is -0.126. The summed E-state index contributed by atoms with van der Waals surface area (Å²) in [5.74, 6) is 0.254. The van der Waals surface area contributed by atoms with Crippen molar-refractivity contribution in [3.63, 3.8) is 0 Å². The van der Waals surface area contributed by atoms with Gasteiger partial charge in [0.1, 0.15) is 11.9 Å². The lowest BCUT2D eigenvalue weighted by Crippen LogP contribution is -2.25. The average Bonchev–Trinajstić information content (AvgIpc) is 2.49. The molecule has 0 bridgehead atoms. The fourth-order valence-corrected chi connectivity index (χ4v) is 1.63. The third-order valence-electron chi connectivity index (χ3n) is 2.46. The number of benzene rings is 1. The molecule has 1 aliphatic heterocycles. The summed E-state index contributed by atoms with van der Waals surface area (Å²) in [6, 6.07) is 7.03. The van der Waals surface area contributed by atoms with E-state index in [-0.39, 0.29) is 17.8 Å². The van der Waals surface area contributed by atoms with Crippen molar-refractivity contribution in [3.8, 4) is 5.75 Å². The van der Waals surface area contributed by atoms with Crippen molar-refractivity contribution in [2.24, 2.45) is 0 Å². The first-order valence-corrected chi connectivity index (χ1v) is 4.47. The van der Waals surface area contributed by atoms with Gasteiger partial charge in [0.05, 0.1) is 6.54 Å². The van der Waals surface area contributed by atoms with Gasteiger partial charge in [0.2, 0.25) is 5.91 Å². The molecule has 2 N–H and O–H groups in total. The number of carbonyl (C=O) groups excluding carboxylic acids is 1. The molecule has 0 saturated carbocycles. The summed E-state index contributed by atoms with van der Waals surface area (Å²) >= 11 is 0. The Bertz CT molecular complexity index is 365. The molecular formula is C10H12N2O2. The summed E-state index contributed by atoms with van der Waals surface area (Å²) in [5.41, 5.74) is 0.737. The van der Waals surface area contributed by atoms with Gasteiger partial charge < -0.3 is 10.0 Å². The maximum atomic E-state index is 11.3. The van der Waals surface area contributed by atoms with Gasteiger partial charge in [0.25, 0.3) is 0 Å². The Morgan fingerprint density at radius 3 is 2.79 bits per heavy atom. The molecule has 2 rings (SSSR count). The highest BCUT2D eigenvalue weighted by Gasteiger charge is 2.29. The van der Waals surface area contributed by atoms with Crippen LogP contribution in [0.5, 0.6) is 5.75 Å². The number of para-hydroxylation sites is 1. The molecule has 1 aliphatic rings. The van der Waals surface area contributed by atoms with E-state index in [9.17, 15) is 9.90 Å². The predicted octanol–water partition coefficient (Wildman–Crippen LogP) is 0.452. The minimum Gasteiger partial charge on any atom is -0.508 e. The molecule has 1 heterocycles. The van der Waals surface area contributed by atoms with Gasteiger partial charge in [-0.1, -0.05) is 18.2 Å². The van der Waals surface area contributed by atoms with Gasteiger partial charge in [0, 0.05) is 12.6 Å². The van der Waals surface area contributed by atoms with E-state index in [4.69, 9.17) is 0 Å². The lowest BCUT2D eigenvalue weighted by Gasteiger charge is -2.20. The minimum atomic E-state index is -0.205. The van der Waals surface area contributed by atoms with E-state index < -0.39 is 0 Å². The molecule has 0 radical (unpaired) electrons. The van der Waals surface area contributed by atoms with Gasteiger partial charge in [-0.2, -0.15) is 0 Å². The van der Waals surface area contributed by atoms with Crippen molar-refractivity contribution in [1.82, 2.24) is 10.2 Å². The molecule has 14 heavy (non-hydrogen) atoms. The number of phenolic OH excluding ortho intramolecular Hbond substituents is 1. The number of aromatic hydroxyl groups is 1. The number of phenols is 1. The number of hydrogen-bond acceptors (Lipinski definition) is 3. The van der Waals surface area contributed by atoms with Gasteiger partial charge in [-0.3, -0.25) is 10.1 Å². The van der Waals surface area contributed by atoms with Crippen LogP contribution in [0.15, 0.2) is 24.3 Å². The van der Waals surface area contributed by atoms with E-state index in [1.165, 1.54) is 0 Å². The third-order valence-corrected chi connectivity index (χ3v) is 2.46. The Morgan fingerprint density at radius 1 is 1.50 bits per heavy atom. The van der Waals surface area contributed by atoms with E-state index in [1.807, 2.05) is 12.1 Å². The maximum Gasteiger partial charge on any atom is 0.237 e. The minimum absolute atomic E-state index is 0.0400. The molecule has 1 amide bonds. The van der Waals surface area contributed by atoms with Crippen LogP contribution in [0.1, 0.15) is 11.7 Å². The standard InChI is InChI=1S/C10H12N2O2/c1-12-9(14)6-11-10(12)7-4-2-3-5-8(7)13/h2-5,10-11,13H,6H2,1H3. The Morgan fingerprint density at radius 2 is 2.21 bits per heavy atom. The van der Waals surface area contributed by atoms with E-state index in [1.54, 1.807) is 24.1 Å². The first-order valence-electron chi connectivity index (χ1n) is 4.47. The molecule has 4 nitrogen and oxygen atoms in total. The molecule has 1 aromatic rings. The first kappa shape index (κ1) is 9.02. The van der Waals surface area contributed by atoms with Gasteiger partial charge in [-0.05, 0) is 6.07 Å². The average molecular weight is 192 g/mol. The number of carbonyl (C=O) groups is 1. The van der Waals surface area contributed by atoms with Crippen LogP contribution in [0.2, 0.25) is 0 Å². The van der Waals surface area contributed by atoms with Gasteiger partial charge in [-0.15, -0.1) is 0 Å². The van der Waals surface area contributed by atoms with Crippen LogP contribution >= 0.6 is 0 Å². The zero-order chi connectivity index (χ0) is 10.1. The Hall–Kier alpha value is -1.55. The number of rotatable bonds is 1. The van der Waals surface area contributed by atoms with E-state index >= 15 is 0 Å². The highest BCUT2D eigenvalue weighted by Crippen LogP contribution is 2.27. The van der Waals surface area contributed by atoms with Crippen LogP contribution < -0.4 is 5.32 Å². The summed E-state index contributed by atoms with van der Waals surface area (Å²) < 4.78 is 0.